The lowest BCUT2D eigenvalue weighted by molar-refractivity contribution is -0.121. The maximum atomic E-state index is 13.0. The average Bonchev–Trinajstić information content (AvgIpc) is 3.27. The highest BCUT2D eigenvalue weighted by molar-refractivity contribution is 6.25. The minimum Gasteiger partial charge on any atom is -0.361 e. The highest BCUT2D eigenvalue weighted by Crippen LogP contribution is 2.30. The molecule has 150 valence electrons. The van der Waals surface area contributed by atoms with E-state index in [1.807, 2.05) is 48.7 Å². The second-order valence-corrected chi connectivity index (χ2v) is 7.89. The summed E-state index contributed by atoms with van der Waals surface area (Å²) in [7, 11) is 0. The molecule has 0 bridgehead atoms. The van der Waals surface area contributed by atoms with Crippen LogP contribution in [0.15, 0.2) is 66.9 Å². The van der Waals surface area contributed by atoms with Crippen LogP contribution in [0.3, 0.4) is 0 Å². The largest absolute Gasteiger partial charge is 0.361 e. The number of hydrogen-bond acceptors (Lipinski definition) is 3. The van der Waals surface area contributed by atoms with E-state index < -0.39 is 6.04 Å². The van der Waals surface area contributed by atoms with E-state index in [-0.39, 0.29) is 18.2 Å². The van der Waals surface area contributed by atoms with Crippen LogP contribution in [0.5, 0.6) is 0 Å². The first-order chi connectivity index (χ1) is 14.6. The minimum absolute atomic E-state index is 0.156. The quantitative estimate of drug-likeness (QED) is 0.499. The maximum absolute atomic E-state index is 13.0. The number of nitrogens with one attached hydrogen (secondary N) is 2. The van der Waals surface area contributed by atoms with Crippen molar-refractivity contribution in [2.24, 2.45) is 0 Å². The zero-order chi connectivity index (χ0) is 20.7. The molecule has 1 atom stereocenters. The van der Waals surface area contributed by atoms with Gasteiger partial charge in [0.15, 0.2) is 0 Å². The molecule has 3 aromatic carbocycles. The first-order valence-corrected chi connectivity index (χ1v) is 10.3. The third-order valence-electron chi connectivity index (χ3n) is 5.86. The van der Waals surface area contributed by atoms with Gasteiger partial charge < -0.3 is 10.3 Å². The average molecular weight is 397 g/mol. The van der Waals surface area contributed by atoms with Gasteiger partial charge in [0.2, 0.25) is 5.91 Å². The number of hydrogen-bond donors (Lipinski definition) is 2. The van der Waals surface area contributed by atoms with Gasteiger partial charge in [-0.05, 0) is 42.5 Å². The summed E-state index contributed by atoms with van der Waals surface area (Å²) >= 11 is 0. The molecule has 0 saturated carbocycles. The minimum atomic E-state index is -0.483. The third-order valence-corrected chi connectivity index (χ3v) is 5.86. The van der Waals surface area contributed by atoms with Gasteiger partial charge in [0.1, 0.15) is 0 Å². The number of aromatic nitrogens is 1. The summed E-state index contributed by atoms with van der Waals surface area (Å²) in [6.45, 7) is 2.72. The first-order valence-electron chi connectivity index (χ1n) is 10.3. The molecule has 2 N–H and O–H groups in total. The fourth-order valence-electron chi connectivity index (χ4n) is 4.33. The Morgan fingerprint density at radius 1 is 1.03 bits per heavy atom. The first kappa shape index (κ1) is 18.6. The molecule has 2 amide bonds. The molecular formula is C25H23N3O2. The summed E-state index contributed by atoms with van der Waals surface area (Å²) in [5.74, 6) is -0.331. The van der Waals surface area contributed by atoms with Gasteiger partial charge in [-0.3, -0.25) is 9.59 Å². The van der Waals surface area contributed by atoms with Crippen LogP contribution in [-0.4, -0.2) is 29.4 Å². The number of amides is 2. The topological polar surface area (TPSA) is 65.2 Å². The molecule has 1 aliphatic rings. The van der Waals surface area contributed by atoms with E-state index in [9.17, 15) is 9.59 Å². The van der Waals surface area contributed by atoms with Gasteiger partial charge in [0.05, 0.1) is 18.2 Å². The van der Waals surface area contributed by atoms with Gasteiger partial charge >= 0.3 is 0 Å². The van der Waals surface area contributed by atoms with E-state index in [1.54, 1.807) is 0 Å². The van der Waals surface area contributed by atoms with E-state index in [0.717, 1.165) is 22.7 Å². The smallest absolute Gasteiger partial charge is 0.251 e. The van der Waals surface area contributed by atoms with E-state index >= 15 is 0 Å². The number of fused-ring (bicyclic) bond motifs is 2. The summed E-state index contributed by atoms with van der Waals surface area (Å²) in [5, 5.41) is 6.44. The summed E-state index contributed by atoms with van der Waals surface area (Å²) < 4.78 is 0. The lowest BCUT2D eigenvalue weighted by Crippen LogP contribution is -2.39. The number of aryl methyl sites for hydroxylation is 1. The third kappa shape index (κ3) is 3.17. The van der Waals surface area contributed by atoms with Crippen LogP contribution >= 0.6 is 0 Å². The number of nitrogens with zero attached hydrogens (tertiary/aromatic N) is 1. The van der Waals surface area contributed by atoms with Crippen molar-refractivity contribution < 1.29 is 9.59 Å². The number of aromatic amines is 1. The lowest BCUT2D eigenvalue weighted by Gasteiger charge is -2.17. The molecule has 4 aromatic rings. The van der Waals surface area contributed by atoms with Crippen molar-refractivity contribution in [1.29, 1.82) is 0 Å². The zero-order valence-electron chi connectivity index (χ0n) is 16.8. The Balaban J connectivity index is 1.31. The van der Waals surface area contributed by atoms with Crippen molar-refractivity contribution in [1.82, 2.24) is 10.3 Å². The van der Waals surface area contributed by atoms with Gasteiger partial charge in [-0.1, -0.05) is 48.0 Å². The van der Waals surface area contributed by atoms with E-state index in [0.29, 0.717) is 12.2 Å². The van der Waals surface area contributed by atoms with Crippen molar-refractivity contribution in [2.45, 2.75) is 25.8 Å². The standard InChI is InChI=1S/C25H23N3O2/c1-16-9-10-21-20(13-16)18(15-27-21)11-12-26-22-14-24(29)28(25(22)30)23-8-4-6-17-5-2-3-7-19(17)23/h2-10,13,15,22,26-27H,11-12,14H2,1H3/t22-/m1/s1. The SMILES string of the molecule is Cc1ccc2[nH]cc(CCN[C@@H]3CC(=O)N(c4cccc5ccccc45)C3=O)c2c1. The molecule has 0 aliphatic carbocycles. The lowest BCUT2D eigenvalue weighted by atomic mass is 10.1. The Morgan fingerprint density at radius 3 is 2.77 bits per heavy atom. The number of benzene rings is 3. The van der Waals surface area contributed by atoms with Crippen LogP contribution < -0.4 is 10.2 Å². The molecule has 0 unspecified atom stereocenters. The zero-order valence-corrected chi connectivity index (χ0v) is 16.8. The van der Waals surface area contributed by atoms with E-state index in [4.69, 9.17) is 0 Å². The Labute approximate surface area is 174 Å². The molecule has 1 fully saturated rings. The molecule has 1 saturated heterocycles. The molecule has 0 radical (unpaired) electrons. The predicted octanol–water partition coefficient (Wildman–Crippen LogP) is 4.09. The van der Waals surface area contributed by atoms with Crippen LogP contribution in [0.4, 0.5) is 5.69 Å². The molecule has 1 aromatic heterocycles. The fourth-order valence-corrected chi connectivity index (χ4v) is 4.33. The van der Waals surface area contributed by atoms with Crippen molar-refractivity contribution in [3.05, 3.63) is 78.0 Å². The number of carbonyl (C=O) groups is 2. The van der Waals surface area contributed by atoms with Crippen LogP contribution in [-0.2, 0) is 16.0 Å². The highest BCUT2D eigenvalue weighted by atomic mass is 16.2. The molecule has 30 heavy (non-hydrogen) atoms. The van der Waals surface area contributed by atoms with E-state index in [2.05, 4.69) is 35.4 Å². The van der Waals surface area contributed by atoms with Crippen molar-refractivity contribution in [3.63, 3.8) is 0 Å². The second-order valence-electron chi connectivity index (χ2n) is 7.89. The van der Waals surface area contributed by atoms with Crippen LogP contribution in [0, 0.1) is 6.92 Å². The molecule has 5 heteroatoms. The van der Waals surface area contributed by atoms with Gasteiger partial charge in [0, 0.05) is 29.0 Å². The van der Waals surface area contributed by atoms with Gasteiger partial charge in [0.25, 0.3) is 5.91 Å². The molecule has 2 heterocycles. The number of anilines is 1. The Morgan fingerprint density at radius 2 is 1.87 bits per heavy atom. The van der Waals surface area contributed by atoms with E-state index in [1.165, 1.54) is 21.4 Å². The number of rotatable bonds is 5. The normalized spacial score (nSPS) is 16.8. The maximum Gasteiger partial charge on any atom is 0.251 e. The Kier molecular flexibility index (Phi) is 4.60. The van der Waals surface area contributed by atoms with Crippen molar-refractivity contribution >= 4 is 39.2 Å². The van der Waals surface area contributed by atoms with Gasteiger partial charge in [-0.25, -0.2) is 4.90 Å². The summed E-state index contributed by atoms with van der Waals surface area (Å²) in [4.78, 5) is 30.4. The highest BCUT2D eigenvalue weighted by Gasteiger charge is 2.39. The van der Waals surface area contributed by atoms with Crippen LogP contribution in [0.25, 0.3) is 21.7 Å². The van der Waals surface area contributed by atoms with Crippen LogP contribution in [0.2, 0.25) is 0 Å². The summed E-state index contributed by atoms with van der Waals surface area (Å²) in [5.41, 5.74) is 4.21. The Bertz CT molecular complexity index is 1270. The fraction of sp³-hybridized carbons (Fsp3) is 0.200. The molecule has 0 spiro atoms. The van der Waals surface area contributed by atoms with Crippen molar-refractivity contribution in [3.8, 4) is 0 Å². The monoisotopic (exact) mass is 397 g/mol. The number of H-pyrrole nitrogens is 1. The Hall–Kier alpha value is -3.44. The summed E-state index contributed by atoms with van der Waals surface area (Å²) in [6, 6.07) is 19.4. The molecule has 5 rings (SSSR count). The second kappa shape index (κ2) is 7.43. The molecule has 5 nitrogen and oxygen atoms in total. The number of imide groups is 1. The molecular weight excluding hydrogens is 374 g/mol. The predicted molar refractivity (Wildman–Crippen MR) is 120 cm³/mol. The van der Waals surface area contributed by atoms with Crippen LogP contribution in [0.1, 0.15) is 17.5 Å². The van der Waals surface area contributed by atoms with Crippen molar-refractivity contribution in [2.75, 3.05) is 11.4 Å². The summed E-state index contributed by atoms with van der Waals surface area (Å²) in [6.07, 6.45) is 3.00. The van der Waals surface area contributed by atoms with Gasteiger partial charge in [-0.2, -0.15) is 0 Å². The van der Waals surface area contributed by atoms with Gasteiger partial charge in [-0.15, -0.1) is 0 Å². The molecule has 1 aliphatic heterocycles. The number of carbonyl (C=O) groups excluding carboxylic acids is 2.